The molecule has 0 radical (unpaired) electrons. The summed E-state index contributed by atoms with van der Waals surface area (Å²) in [5.41, 5.74) is 2.52. The van der Waals surface area contributed by atoms with Crippen LogP contribution in [0.3, 0.4) is 0 Å². The van der Waals surface area contributed by atoms with Crippen LogP contribution in [0.2, 0.25) is 0 Å². The quantitative estimate of drug-likeness (QED) is 0.307. The highest BCUT2D eigenvalue weighted by molar-refractivity contribution is 5.79. The van der Waals surface area contributed by atoms with Crippen LogP contribution in [0.5, 0.6) is 0 Å². The molecular formula is C21H31N5. The third-order valence-corrected chi connectivity index (χ3v) is 4.37. The maximum atomic E-state index is 4.39. The van der Waals surface area contributed by atoms with Crippen molar-refractivity contribution in [2.45, 2.75) is 38.8 Å². The van der Waals surface area contributed by atoms with Crippen molar-refractivity contribution in [3.8, 4) is 0 Å². The molecule has 0 amide bonds. The van der Waals surface area contributed by atoms with Crippen molar-refractivity contribution in [1.29, 1.82) is 0 Å². The number of guanidine groups is 1. The summed E-state index contributed by atoms with van der Waals surface area (Å²) in [6.07, 6.45) is 12.3. The minimum absolute atomic E-state index is 0.777. The van der Waals surface area contributed by atoms with E-state index in [4.69, 9.17) is 0 Å². The van der Waals surface area contributed by atoms with Gasteiger partial charge in [0, 0.05) is 46.1 Å². The van der Waals surface area contributed by atoms with Crippen LogP contribution in [-0.2, 0) is 13.1 Å². The molecule has 5 nitrogen and oxygen atoms in total. The molecule has 0 spiro atoms. The Morgan fingerprint density at radius 3 is 2.65 bits per heavy atom. The van der Waals surface area contributed by atoms with Crippen molar-refractivity contribution in [1.82, 2.24) is 19.8 Å². The van der Waals surface area contributed by atoms with Crippen molar-refractivity contribution < 1.29 is 0 Å². The molecule has 0 atom stereocenters. The van der Waals surface area contributed by atoms with E-state index in [9.17, 15) is 0 Å². The van der Waals surface area contributed by atoms with E-state index in [1.165, 1.54) is 30.4 Å². The first-order valence-electron chi connectivity index (χ1n) is 9.29. The molecule has 2 aromatic rings. The van der Waals surface area contributed by atoms with Crippen molar-refractivity contribution in [2.24, 2.45) is 4.99 Å². The largest absolute Gasteiger partial charge is 0.352 e. The highest BCUT2D eigenvalue weighted by Crippen LogP contribution is 2.07. The summed E-state index contributed by atoms with van der Waals surface area (Å²) < 4.78 is 2.07. The molecule has 26 heavy (non-hydrogen) atoms. The van der Waals surface area contributed by atoms with Gasteiger partial charge in [-0.25, -0.2) is 4.98 Å². The second kappa shape index (κ2) is 11.1. The number of nitrogens with one attached hydrogen (secondary N) is 1. The van der Waals surface area contributed by atoms with E-state index in [1.54, 1.807) is 6.20 Å². The van der Waals surface area contributed by atoms with E-state index in [-0.39, 0.29) is 0 Å². The van der Waals surface area contributed by atoms with E-state index >= 15 is 0 Å². The zero-order valence-electron chi connectivity index (χ0n) is 16.1. The summed E-state index contributed by atoms with van der Waals surface area (Å²) in [7, 11) is 3.93. The van der Waals surface area contributed by atoms with Gasteiger partial charge in [0.25, 0.3) is 0 Å². The molecule has 1 heterocycles. The van der Waals surface area contributed by atoms with Crippen LogP contribution < -0.4 is 5.32 Å². The van der Waals surface area contributed by atoms with Gasteiger partial charge in [-0.1, -0.05) is 36.8 Å². The number of aromatic nitrogens is 2. The number of hydrogen-bond donors (Lipinski definition) is 1. The summed E-state index contributed by atoms with van der Waals surface area (Å²) >= 11 is 0. The molecular weight excluding hydrogens is 322 g/mol. The second-order valence-electron chi connectivity index (χ2n) is 6.51. The molecule has 0 saturated carbocycles. The molecule has 5 heteroatoms. The molecule has 0 bridgehead atoms. The van der Waals surface area contributed by atoms with Crippen LogP contribution in [0, 0.1) is 0 Å². The lowest BCUT2D eigenvalue weighted by atomic mass is 10.1. The number of nitrogens with zero attached hydrogens (tertiary/aromatic N) is 4. The zero-order chi connectivity index (χ0) is 18.6. The van der Waals surface area contributed by atoms with E-state index in [1.807, 2.05) is 25.6 Å². The monoisotopic (exact) mass is 353 g/mol. The molecule has 2 rings (SSSR count). The van der Waals surface area contributed by atoms with Crippen LogP contribution in [0.4, 0.5) is 0 Å². The number of allylic oxidation sites excluding steroid dienone is 1. The summed E-state index contributed by atoms with van der Waals surface area (Å²) in [6, 6.07) is 8.68. The Kier molecular flexibility index (Phi) is 8.46. The minimum atomic E-state index is 0.777. The molecule has 0 unspecified atom stereocenters. The van der Waals surface area contributed by atoms with Crippen LogP contribution in [-0.4, -0.2) is 41.1 Å². The van der Waals surface area contributed by atoms with Crippen molar-refractivity contribution in [3.05, 3.63) is 66.8 Å². The van der Waals surface area contributed by atoms with Crippen molar-refractivity contribution in [3.63, 3.8) is 0 Å². The Morgan fingerprint density at radius 2 is 2.00 bits per heavy atom. The Morgan fingerprint density at radius 1 is 1.23 bits per heavy atom. The van der Waals surface area contributed by atoms with Gasteiger partial charge in [-0.05, 0) is 30.4 Å². The van der Waals surface area contributed by atoms with Gasteiger partial charge in [-0.3, -0.25) is 4.99 Å². The minimum Gasteiger partial charge on any atom is -0.352 e. The number of rotatable bonds is 10. The van der Waals surface area contributed by atoms with Gasteiger partial charge in [0.05, 0.1) is 6.33 Å². The standard InChI is InChI=1S/C21H31N5/c1-4-5-6-7-8-14-25(3)21(22-2)24-16-19-9-11-20(12-10-19)17-26-15-13-23-18-26/h4,9-13,15,18H,1,5-8,14,16-17H2,2-3H3,(H,22,24). The van der Waals surface area contributed by atoms with Crippen LogP contribution >= 0.6 is 0 Å². The summed E-state index contributed by atoms with van der Waals surface area (Å²) in [4.78, 5) is 10.7. The number of hydrogen-bond acceptors (Lipinski definition) is 2. The summed E-state index contributed by atoms with van der Waals surface area (Å²) in [5, 5.41) is 3.45. The SMILES string of the molecule is C=CCCCCCN(C)C(=NC)NCc1ccc(Cn2ccnc2)cc1. The van der Waals surface area contributed by atoms with E-state index in [2.05, 4.69) is 62.7 Å². The van der Waals surface area contributed by atoms with Crippen LogP contribution in [0.15, 0.2) is 60.6 Å². The Balaban J connectivity index is 1.75. The predicted octanol–water partition coefficient (Wildman–Crippen LogP) is 3.69. The predicted molar refractivity (Wildman–Crippen MR) is 109 cm³/mol. The van der Waals surface area contributed by atoms with Gasteiger partial charge in [0.1, 0.15) is 0 Å². The molecule has 0 aliphatic rings. The fraction of sp³-hybridized carbons (Fsp3) is 0.429. The second-order valence-corrected chi connectivity index (χ2v) is 6.51. The number of aliphatic imine (C=N–C) groups is 1. The fourth-order valence-corrected chi connectivity index (χ4v) is 2.84. The molecule has 0 aliphatic carbocycles. The number of benzene rings is 1. The van der Waals surface area contributed by atoms with Crippen LogP contribution in [0.1, 0.15) is 36.8 Å². The van der Waals surface area contributed by atoms with Gasteiger partial charge in [0.15, 0.2) is 5.96 Å². The first-order chi connectivity index (χ1) is 12.7. The van der Waals surface area contributed by atoms with E-state index < -0.39 is 0 Å². The highest BCUT2D eigenvalue weighted by Gasteiger charge is 2.05. The van der Waals surface area contributed by atoms with Crippen LogP contribution in [0.25, 0.3) is 0 Å². The molecule has 1 N–H and O–H groups in total. The lowest BCUT2D eigenvalue weighted by Crippen LogP contribution is -2.39. The van der Waals surface area contributed by atoms with Gasteiger partial charge < -0.3 is 14.8 Å². The number of unbranched alkanes of at least 4 members (excludes halogenated alkanes) is 3. The first kappa shape index (κ1) is 19.8. The molecule has 140 valence electrons. The lowest BCUT2D eigenvalue weighted by Gasteiger charge is -2.22. The number of imidazole rings is 1. The van der Waals surface area contributed by atoms with E-state index in [0.717, 1.165) is 32.0 Å². The third-order valence-electron chi connectivity index (χ3n) is 4.37. The van der Waals surface area contributed by atoms with Gasteiger partial charge >= 0.3 is 0 Å². The Bertz CT molecular complexity index is 658. The maximum absolute atomic E-state index is 4.39. The highest BCUT2D eigenvalue weighted by atomic mass is 15.3. The van der Waals surface area contributed by atoms with Gasteiger partial charge in [-0.15, -0.1) is 6.58 Å². The van der Waals surface area contributed by atoms with Gasteiger partial charge in [0.2, 0.25) is 0 Å². The zero-order valence-corrected chi connectivity index (χ0v) is 16.1. The summed E-state index contributed by atoms with van der Waals surface area (Å²) in [5.74, 6) is 0.941. The van der Waals surface area contributed by atoms with Crippen molar-refractivity contribution >= 4 is 5.96 Å². The Labute approximate surface area is 157 Å². The molecule has 1 aromatic carbocycles. The fourth-order valence-electron chi connectivity index (χ4n) is 2.84. The van der Waals surface area contributed by atoms with Crippen molar-refractivity contribution in [2.75, 3.05) is 20.6 Å². The Hall–Kier alpha value is -2.56. The third kappa shape index (κ3) is 6.75. The lowest BCUT2D eigenvalue weighted by molar-refractivity contribution is 0.455. The van der Waals surface area contributed by atoms with E-state index in [0.29, 0.717) is 0 Å². The normalized spacial score (nSPS) is 11.4. The summed E-state index contributed by atoms with van der Waals surface area (Å²) in [6.45, 7) is 6.41. The average molecular weight is 354 g/mol. The molecule has 1 aromatic heterocycles. The average Bonchev–Trinajstić information content (AvgIpc) is 3.16. The molecule has 0 saturated heterocycles. The maximum Gasteiger partial charge on any atom is 0.193 e. The molecule has 0 aliphatic heterocycles. The van der Waals surface area contributed by atoms with Gasteiger partial charge in [-0.2, -0.15) is 0 Å². The first-order valence-corrected chi connectivity index (χ1v) is 9.29. The smallest absolute Gasteiger partial charge is 0.193 e. The topological polar surface area (TPSA) is 45.5 Å². The molecule has 0 fully saturated rings.